The van der Waals surface area contributed by atoms with Gasteiger partial charge < -0.3 is 14.7 Å². The highest BCUT2D eigenvalue weighted by Gasteiger charge is 2.57. The molecule has 5 nitrogen and oxygen atoms in total. The maximum absolute atomic E-state index is 12.4. The van der Waals surface area contributed by atoms with E-state index >= 15 is 0 Å². The van der Waals surface area contributed by atoms with Crippen molar-refractivity contribution in [1.82, 2.24) is 4.90 Å². The van der Waals surface area contributed by atoms with E-state index in [1.807, 2.05) is 4.90 Å². The van der Waals surface area contributed by atoms with Crippen LogP contribution in [0.1, 0.15) is 38.5 Å². The highest BCUT2D eigenvalue weighted by Crippen LogP contribution is 2.58. The number of rotatable bonds is 5. The number of carbonyl (C=O) groups excluding carboxylic acids is 1. The molecular formula is C15H23NO4. The first kappa shape index (κ1) is 13.9. The topological polar surface area (TPSA) is 66.8 Å². The lowest BCUT2D eigenvalue weighted by Gasteiger charge is -2.32. The lowest BCUT2D eigenvalue weighted by Crippen LogP contribution is -2.42. The lowest BCUT2D eigenvalue weighted by atomic mass is 10.1. The third kappa shape index (κ3) is 2.82. The van der Waals surface area contributed by atoms with Crippen LogP contribution in [0.15, 0.2) is 0 Å². The number of nitrogens with zero attached hydrogens (tertiary/aromatic N) is 1. The summed E-state index contributed by atoms with van der Waals surface area (Å²) < 4.78 is 5.55. The van der Waals surface area contributed by atoms with Gasteiger partial charge in [-0.2, -0.15) is 0 Å². The Morgan fingerprint density at radius 3 is 2.35 bits per heavy atom. The van der Waals surface area contributed by atoms with Crippen molar-refractivity contribution < 1.29 is 19.4 Å². The average Bonchev–Trinajstić information content (AvgIpc) is 2.91. The first-order chi connectivity index (χ1) is 9.66. The zero-order chi connectivity index (χ0) is 14.1. The van der Waals surface area contributed by atoms with Crippen molar-refractivity contribution >= 4 is 11.9 Å². The summed E-state index contributed by atoms with van der Waals surface area (Å²) >= 11 is 0. The molecule has 2 aliphatic carbocycles. The predicted octanol–water partition coefficient (Wildman–Crippen LogP) is 1.51. The van der Waals surface area contributed by atoms with E-state index in [0.717, 1.165) is 25.9 Å². The fourth-order valence-electron chi connectivity index (χ4n) is 3.95. The first-order valence-electron chi connectivity index (χ1n) is 7.79. The zero-order valence-corrected chi connectivity index (χ0v) is 11.8. The van der Waals surface area contributed by atoms with E-state index in [-0.39, 0.29) is 19.1 Å². The standard InChI is InChI=1S/C15H23NO4/c17-13(18)6-9-20-10-4-7-16(8-5-10)15(19)14-11-2-1-3-12(11)14/h10-12,14H,1-9H2,(H,17,18). The summed E-state index contributed by atoms with van der Waals surface area (Å²) in [6, 6.07) is 0. The van der Waals surface area contributed by atoms with Gasteiger partial charge in [0.05, 0.1) is 19.1 Å². The minimum Gasteiger partial charge on any atom is -0.481 e. The highest BCUT2D eigenvalue weighted by molar-refractivity contribution is 5.82. The Morgan fingerprint density at radius 1 is 1.10 bits per heavy atom. The summed E-state index contributed by atoms with van der Waals surface area (Å²) in [5.74, 6) is 1.24. The molecule has 2 unspecified atom stereocenters. The maximum Gasteiger partial charge on any atom is 0.305 e. The molecule has 2 saturated carbocycles. The summed E-state index contributed by atoms with van der Waals surface area (Å²) in [7, 11) is 0. The van der Waals surface area contributed by atoms with Crippen molar-refractivity contribution in [3.63, 3.8) is 0 Å². The number of fused-ring (bicyclic) bond motifs is 1. The Morgan fingerprint density at radius 2 is 1.75 bits per heavy atom. The van der Waals surface area contributed by atoms with E-state index in [4.69, 9.17) is 9.84 Å². The van der Waals surface area contributed by atoms with E-state index in [2.05, 4.69) is 0 Å². The molecule has 3 fully saturated rings. The van der Waals surface area contributed by atoms with Crippen LogP contribution in [0, 0.1) is 17.8 Å². The average molecular weight is 281 g/mol. The molecule has 1 N–H and O–H groups in total. The molecule has 3 aliphatic rings. The number of piperidine rings is 1. The quantitative estimate of drug-likeness (QED) is 0.829. The van der Waals surface area contributed by atoms with Gasteiger partial charge in [-0.15, -0.1) is 0 Å². The monoisotopic (exact) mass is 281 g/mol. The van der Waals surface area contributed by atoms with Gasteiger partial charge in [0.1, 0.15) is 0 Å². The second-order valence-corrected chi connectivity index (χ2v) is 6.32. The Hall–Kier alpha value is -1.10. The minimum atomic E-state index is -0.821. The van der Waals surface area contributed by atoms with Gasteiger partial charge >= 0.3 is 5.97 Å². The first-order valence-corrected chi connectivity index (χ1v) is 7.79. The van der Waals surface area contributed by atoms with Gasteiger partial charge in [-0.1, -0.05) is 6.42 Å². The fraction of sp³-hybridized carbons (Fsp3) is 0.867. The van der Waals surface area contributed by atoms with Gasteiger partial charge in [-0.3, -0.25) is 9.59 Å². The van der Waals surface area contributed by atoms with Gasteiger partial charge in [0.2, 0.25) is 5.91 Å². The molecule has 0 aromatic heterocycles. The predicted molar refractivity (Wildman–Crippen MR) is 72.1 cm³/mol. The summed E-state index contributed by atoms with van der Waals surface area (Å²) in [6.07, 6.45) is 5.66. The summed E-state index contributed by atoms with van der Waals surface area (Å²) in [4.78, 5) is 24.8. The molecule has 0 aromatic rings. The van der Waals surface area contributed by atoms with Gasteiger partial charge in [0.15, 0.2) is 0 Å². The molecule has 1 aliphatic heterocycles. The van der Waals surface area contributed by atoms with Crippen molar-refractivity contribution in [3.05, 3.63) is 0 Å². The van der Waals surface area contributed by atoms with Crippen molar-refractivity contribution in [2.75, 3.05) is 19.7 Å². The number of hydrogen-bond acceptors (Lipinski definition) is 3. The molecule has 20 heavy (non-hydrogen) atoms. The number of carboxylic acid groups (broad SMARTS) is 1. The van der Waals surface area contributed by atoms with Crippen LogP contribution in [0.2, 0.25) is 0 Å². The smallest absolute Gasteiger partial charge is 0.305 e. The normalized spacial score (nSPS) is 33.0. The van der Waals surface area contributed by atoms with Crippen molar-refractivity contribution in [1.29, 1.82) is 0 Å². The summed E-state index contributed by atoms with van der Waals surface area (Å²) in [5.41, 5.74) is 0. The molecule has 3 rings (SSSR count). The van der Waals surface area contributed by atoms with Gasteiger partial charge in [0.25, 0.3) is 0 Å². The number of aliphatic carboxylic acids is 1. The zero-order valence-electron chi connectivity index (χ0n) is 11.8. The van der Waals surface area contributed by atoms with Crippen LogP contribution < -0.4 is 0 Å². The van der Waals surface area contributed by atoms with Crippen LogP contribution >= 0.6 is 0 Å². The van der Waals surface area contributed by atoms with E-state index in [1.54, 1.807) is 0 Å². The van der Waals surface area contributed by atoms with Crippen LogP contribution in [-0.2, 0) is 14.3 Å². The Bertz CT molecular complexity index is 379. The third-order valence-electron chi connectivity index (χ3n) is 5.11. The number of likely N-dealkylation sites (tertiary alicyclic amines) is 1. The highest BCUT2D eigenvalue weighted by atomic mass is 16.5. The Balaban J connectivity index is 1.38. The summed E-state index contributed by atoms with van der Waals surface area (Å²) in [5, 5.41) is 8.57. The molecular weight excluding hydrogens is 258 g/mol. The molecule has 112 valence electrons. The number of carboxylic acids is 1. The Labute approximate surface area is 119 Å². The minimum absolute atomic E-state index is 0.0601. The van der Waals surface area contributed by atoms with Crippen molar-refractivity contribution in [2.24, 2.45) is 17.8 Å². The molecule has 0 aromatic carbocycles. The second-order valence-electron chi connectivity index (χ2n) is 6.32. The third-order valence-corrected chi connectivity index (χ3v) is 5.11. The van der Waals surface area contributed by atoms with Crippen LogP contribution in [0.3, 0.4) is 0 Å². The molecule has 1 saturated heterocycles. The van der Waals surface area contributed by atoms with Gasteiger partial charge in [-0.05, 0) is 37.5 Å². The van der Waals surface area contributed by atoms with Crippen LogP contribution in [-0.4, -0.2) is 47.7 Å². The summed E-state index contributed by atoms with van der Waals surface area (Å²) in [6.45, 7) is 1.82. The molecule has 1 heterocycles. The van der Waals surface area contributed by atoms with Crippen LogP contribution in [0.4, 0.5) is 0 Å². The molecule has 1 amide bonds. The Kier molecular flexibility index (Phi) is 3.96. The molecule has 5 heteroatoms. The number of ether oxygens (including phenoxy) is 1. The SMILES string of the molecule is O=C(O)CCOC1CCN(C(=O)C2C3CCCC32)CC1. The molecule has 0 radical (unpaired) electrons. The fourth-order valence-corrected chi connectivity index (χ4v) is 3.95. The van der Waals surface area contributed by atoms with Gasteiger partial charge in [0, 0.05) is 19.0 Å². The largest absolute Gasteiger partial charge is 0.481 e. The van der Waals surface area contributed by atoms with Gasteiger partial charge in [-0.25, -0.2) is 0 Å². The molecule has 2 atom stereocenters. The lowest BCUT2D eigenvalue weighted by molar-refractivity contribution is -0.139. The molecule has 0 spiro atoms. The van der Waals surface area contributed by atoms with E-state index in [9.17, 15) is 9.59 Å². The van der Waals surface area contributed by atoms with Crippen molar-refractivity contribution in [2.45, 2.75) is 44.6 Å². The van der Waals surface area contributed by atoms with E-state index in [1.165, 1.54) is 19.3 Å². The second kappa shape index (κ2) is 5.72. The van der Waals surface area contributed by atoms with Crippen molar-refractivity contribution in [3.8, 4) is 0 Å². The number of hydrogen-bond donors (Lipinski definition) is 1. The van der Waals surface area contributed by atoms with Crippen LogP contribution in [0.25, 0.3) is 0 Å². The maximum atomic E-state index is 12.4. The number of carbonyl (C=O) groups is 2. The van der Waals surface area contributed by atoms with E-state index < -0.39 is 5.97 Å². The van der Waals surface area contributed by atoms with Crippen LogP contribution in [0.5, 0.6) is 0 Å². The molecule has 0 bridgehead atoms. The van der Waals surface area contributed by atoms with E-state index in [0.29, 0.717) is 23.7 Å². The number of amides is 1.